The smallest absolute Gasteiger partial charge is 0.153 e. The lowest BCUT2D eigenvalue weighted by atomic mass is 9.73. The summed E-state index contributed by atoms with van der Waals surface area (Å²) in [5.41, 5.74) is 51.1. The number of aromatic nitrogens is 8. The van der Waals surface area contributed by atoms with Crippen LogP contribution in [0.1, 0.15) is 202 Å². The van der Waals surface area contributed by atoms with Gasteiger partial charge in [-0.3, -0.25) is 9.98 Å². The maximum atomic E-state index is 10.0. The number of aliphatic hydroxyl groups excluding tert-OH is 4. The highest BCUT2D eigenvalue weighted by Gasteiger charge is 2.51. The number of piperidine rings is 4. The molecule has 6 aliphatic carbocycles. The lowest BCUT2D eigenvalue weighted by molar-refractivity contribution is 0.186. The molecule has 0 radical (unpaired) electrons. The third-order valence-corrected chi connectivity index (χ3v) is 27.3. The van der Waals surface area contributed by atoms with Crippen LogP contribution in [0.3, 0.4) is 0 Å². The van der Waals surface area contributed by atoms with Crippen LogP contribution in [-0.4, -0.2) is 131 Å². The molecule has 0 unspecified atom stereocenters. The molecule has 4 saturated heterocycles. The first kappa shape index (κ1) is 76.1. The van der Waals surface area contributed by atoms with Crippen molar-refractivity contribution in [2.45, 2.75) is 167 Å². The fourth-order valence-electron chi connectivity index (χ4n) is 20.6. The van der Waals surface area contributed by atoms with Crippen LogP contribution in [0.15, 0.2) is 131 Å². The minimum atomic E-state index is -0.180. The van der Waals surface area contributed by atoms with Crippen LogP contribution in [-0.2, 0) is 78.0 Å². The summed E-state index contributed by atoms with van der Waals surface area (Å²) in [4.78, 5) is 56.1. The lowest BCUT2D eigenvalue weighted by Crippen LogP contribution is -2.45. The Bertz CT molecular complexity index is 5310. The monoisotopic (exact) mass is 1530 g/mol. The molecule has 8 aromatic rings. The van der Waals surface area contributed by atoms with E-state index in [1.54, 1.807) is 0 Å². The summed E-state index contributed by atoms with van der Waals surface area (Å²) in [6.45, 7) is 13.5. The second-order valence-corrected chi connectivity index (χ2v) is 33.2. The standard InChI is InChI=1S/C23H28N6O.C23H25N5O.C22H23N5O.C22H26N4O/c1-14(25-2)19-20-17(12-26-19)28-22(18(13-30)27-20)29-9-7-23(8-10-29)11-15-5-3-4-6-16(15)21(23)24;1-2-5-17-20-18(13-25-17)27-22(19(14-29)26-20)28-10-8-23(9-11-28)12-15-6-3-4-7-16(15)21(23)24;23-12-15-5-6-17-19(15)25-18(13-28)21(26-17)27-9-7-22(8-10-27)11-14-3-1-2-4-16(14)20(22)24;1-14-6-7-17-19(14)24-18(13-27)21(25-17)26-10-8-22(9-11-26)12-15-4-2-3-5-16(15)20(22)23/h3-6,21,25,30H,1,7-13,24H2,2H3;1,3-4,6-7,21,29H,5,8-14,24H2;1-5,20,28H,6-11,13,24H2;2-6,20,27H,7-13,23H2,1H3/t2*21-;2*20-/m1111/s1. The van der Waals surface area contributed by atoms with Crippen LogP contribution in [0, 0.1) is 45.3 Å². The molecule has 20 rings (SSSR count). The van der Waals surface area contributed by atoms with E-state index in [1.807, 2.05) is 13.1 Å². The Labute approximate surface area is 666 Å². The van der Waals surface area contributed by atoms with Crippen molar-refractivity contribution in [2.24, 2.45) is 54.6 Å². The van der Waals surface area contributed by atoms with Crippen molar-refractivity contribution in [2.75, 3.05) is 79.0 Å². The number of nitrogens with two attached hydrogens (primary N) is 4. The van der Waals surface area contributed by atoms with Crippen molar-refractivity contribution < 1.29 is 20.4 Å². The molecule has 4 aromatic carbocycles. The van der Waals surface area contributed by atoms with Gasteiger partial charge in [0.05, 0.1) is 91.4 Å². The predicted octanol–water partition coefficient (Wildman–Crippen LogP) is 9.03. The van der Waals surface area contributed by atoms with Gasteiger partial charge in [-0.2, -0.15) is 5.26 Å². The number of hydrogen-bond acceptors (Lipinski definition) is 24. The Morgan fingerprint density at radius 3 is 1.15 bits per heavy atom. The summed E-state index contributed by atoms with van der Waals surface area (Å²) >= 11 is 0. The van der Waals surface area contributed by atoms with Gasteiger partial charge in [-0.05, 0) is 156 Å². The highest BCUT2D eigenvalue weighted by molar-refractivity contribution is 6.12. The Balaban J connectivity index is 0.000000110. The van der Waals surface area contributed by atoms with Crippen molar-refractivity contribution >= 4 is 45.8 Å². The summed E-state index contributed by atoms with van der Waals surface area (Å²) in [6.07, 6.45) is 23.7. The molecule has 4 fully saturated rings. The van der Waals surface area contributed by atoms with E-state index in [9.17, 15) is 25.7 Å². The van der Waals surface area contributed by atoms with Crippen LogP contribution >= 0.6 is 0 Å². The predicted molar refractivity (Wildman–Crippen MR) is 442 cm³/mol. The van der Waals surface area contributed by atoms with E-state index in [2.05, 4.69) is 173 Å². The number of nitrogens with one attached hydrogen (secondary N) is 1. The third-order valence-electron chi connectivity index (χ3n) is 27.3. The van der Waals surface area contributed by atoms with E-state index in [-0.39, 0.29) is 72.3 Å². The van der Waals surface area contributed by atoms with Crippen molar-refractivity contribution in [1.82, 2.24) is 45.2 Å². The SMILES string of the molecule is C#CCC1=NCc2nc(N3CCC4(CC3)Cc3ccccc3[C@H]4N)c(CO)nc21.C=C(NC)C1=NCc2nc(N3CCC4(CC3)Cc3ccccc3[C@H]4N)c(CO)nc21.CC1=CCc2nc(N3CCC4(CC3)Cc3ccccc3[C@H]4N)c(CO)nc21.N#CC1=CCc2nc(N3CCC4(CC3)Cc3ccccc3[C@H]4N)c(CO)nc21. The molecule has 13 N–H and O–H groups in total. The summed E-state index contributed by atoms with van der Waals surface area (Å²) in [5.74, 6) is 5.80. The van der Waals surface area contributed by atoms with Crippen LogP contribution in [0.4, 0.5) is 23.3 Å². The molecule has 4 atom stereocenters. The Kier molecular flexibility index (Phi) is 20.7. The van der Waals surface area contributed by atoms with Gasteiger partial charge in [0.2, 0.25) is 0 Å². The second kappa shape index (κ2) is 31.0. The molecule has 24 heteroatoms. The van der Waals surface area contributed by atoms with Crippen molar-refractivity contribution in [1.29, 1.82) is 5.26 Å². The van der Waals surface area contributed by atoms with E-state index in [4.69, 9.17) is 59.3 Å². The quantitative estimate of drug-likeness (QED) is 0.0545. The van der Waals surface area contributed by atoms with E-state index in [1.165, 1.54) is 44.5 Å². The molecule has 0 bridgehead atoms. The summed E-state index contributed by atoms with van der Waals surface area (Å²) in [5, 5.41) is 51.9. The molecule has 114 heavy (non-hydrogen) atoms. The van der Waals surface area contributed by atoms with Crippen molar-refractivity contribution in [3.8, 4) is 18.4 Å². The number of likely N-dealkylation sites (N-methyl/N-ethyl adjacent to an activating group) is 1. The van der Waals surface area contributed by atoms with Crippen molar-refractivity contribution in [3.05, 3.63) is 234 Å². The molecule has 0 amide bonds. The van der Waals surface area contributed by atoms with Gasteiger partial charge in [-0.15, -0.1) is 12.3 Å². The van der Waals surface area contributed by atoms with Gasteiger partial charge >= 0.3 is 0 Å². The maximum absolute atomic E-state index is 10.0. The molecule has 0 saturated carbocycles. The number of allylic oxidation sites excluding steroid dienone is 5. The molecular weight excluding hydrogens is 1430 g/mol. The number of nitrogens with zero attached hydrogens (tertiary/aromatic N) is 15. The number of nitriles is 1. The average molecular weight is 1530 g/mol. The average Bonchev–Trinajstić information content (AvgIpc) is 1.59. The van der Waals surface area contributed by atoms with E-state index in [0.29, 0.717) is 60.0 Å². The highest BCUT2D eigenvalue weighted by atomic mass is 16.3. The largest absolute Gasteiger partial charge is 0.390 e. The number of benzene rings is 4. The Morgan fingerprint density at radius 1 is 0.465 bits per heavy atom. The van der Waals surface area contributed by atoms with Gasteiger partial charge in [-0.1, -0.05) is 116 Å². The summed E-state index contributed by atoms with van der Waals surface area (Å²) < 4.78 is 0. The first-order valence-corrected chi connectivity index (χ1v) is 40.5. The van der Waals surface area contributed by atoms with Gasteiger partial charge in [-0.25, -0.2) is 39.9 Å². The second-order valence-electron chi connectivity index (χ2n) is 33.2. The minimum Gasteiger partial charge on any atom is -0.390 e. The van der Waals surface area contributed by atoms with Crippen LogP contribution in [0.5, 0.6) is 0 Å². The number of hydrogen-bond donors (Lipinski definition) is 9. The number of terminal acetylenes is 1. The van der Waals surface area contributed by atoms with Gasteiger partial charge < -0.3 is 68.3 Å². The number of anilines is 4. The Morgan fingerprint density at radius 2 is 0.789 bits per heavy atom. The normalized spacial score (nSPS) is 21.9. The minimum absolute atomic E-state index is 0.0739. The fraction of sp³-hybridized carbons (Fsp3) is 0.433. The number of aliphatic hydroxyl groups is 4. The van der Waals surface area contributed by atoms with Gasteiger partial charge in [0.1, 0.15) is 51.6 Å². The molecule has 24 nitrogen and oxygen atoms in total. The molecule has 4 spiro atoms. The topological polar surface area (TPSA) is 362 Å². The van der Waals surface area contributed by atoms with E-state index >= 15 is 0 Å². The van der Waals surface area contributed by atoms with Crippen LogP contribution in [0.2, 0.25) is 0 Å². The zero-order chi connectivity index (χ0) is 78.8. The van der Waals surface area contributed by atoms with Crippen molar-refractivity contribution in [3.63, 3.8) is 0 Å². The molecule has 12 aliphatic rings. The zero-order valence-corrected chi connectivity index (χ0v) is 65.3. The molecular formula is C90H102N20O4. The van der Waals surface area contributed by atoms with Crippen LogP contribution in [0.25, 0.3) is 11.1 Å². The first-order chi connectivity index (χ1) is 55.5. The number of fused-ring (bicyclic) bond motifs is 8. The van der Waals surface area contributed by atoms with E-state index in [0.717, 1.165) is 222 Å². The fourth-order valence-corrected chi connectivity index (χ4v) is 20.6. The Hall–Kier alpha value is -10.5. The number of aliphatic imine (C=N–C) groups is 2. The number of rotatable bonds is 11. The maximum Gasteiger partial charge on any atom is 0.153 e. The molecule has 586 valence electrons. The highest BCUT2D eigenvalue weighted by Crippen LogP contribution is 2.56. The summed E-state index contributed by atoms with van der Waals surface area (Å²) in [7, 11) is 1.81. The first-order valence-electron chi connectivity index (χ1n) is 40.5. The van der Waals surface area contributed by atoms with Crippen LogP contribution < -0.4 is 47.9 Å². The third kappa shape index (κ3) is 13.4. The van der Waals surface area contributed by atoms with Gasteiger partial charge in [0.25, 0.3) is 0 Å². The zero-order valence-electron chi connectivity index (χ0n) is 65.3. The summed E-state index contributed by atoms with van der Waals surface area (Å²) in [6, 6.07) is 36.8. The van der Waals surface area contributed by atoms with Gasteiger partial charge in [0, 0.05) is 96.4 Å². The molecule has 10 heterocycles. The van der Waals surface area contributed by atoms with E-state index < -0.39 is 0 Å². The molecule has 4 aromatic heterocycles. The molecule has 6 aliphatic heterocycles. The lowest BCUT2D eigenvalue weighted by Gasteiger charge is -2.43. The van der Waals surface area contributed by atoms with Gasteiger partial charge in [0.15, 0.2) is 23.3 Å².